The maximum Gasteiger partial charge on any atom is 0.335 e. The number of carboxylic acid groups (broad SMARTS) is 1. The average Bonchev–Trinajstić information content (AvgIpc) is 2.90. The highest BCUT2D eigenvalue weighted by Gasteiger charge is 2.13. The maximum absolute atomic E-state index is 12.2. The standard InChI is InChI=1S/C19H15N3O.C11H14O2/c23-19(17-11-13-20-14-12-17)22-21-18(15-7-3-1-4-8-15)16-9-5-2-6-10-16;1-11(2,3)9-6-4-8(5-7-9)10(12)13/h1-14H,(H,22,23);4-7H,1-3H3,(H,12,13). The third-order valence-electron chi connectivity index (χ3n) is 5.30. The number of benzene rings is 3. The molecule has 6 heteroatoms. The molecule has 4 aromatic rings. The summed E-state index contributed by atoms with van der Waals surface area (Å²) in [6.07, 6.45) is 3.15. The van der Waals surface area contributed by atoms with E-state index in [0.29, 0.717) is 16.8 Å². The second-order valence-electron chi connectivity index (χ2n) is 9.00. The summed E-state index contributed by atoms with van der Waals surface area (Å²) in [6.45, 7) is 6.30. The van der Waals surface area contributed by atoms with Gasteiger partial charge in [-0.15, -0.1) is 0 Å². The number of aromatic carboxylic acids is 1. The van der Waals surface area contributed by atoms with Crippen molar-refractivity contribution < 1.29 is 14.7 Å². The number of rotatable bonds is 5. The summed E-state index contributed by atoms with van der Waals surface area (Å²) >= 11 is 0. The van der Waals surface area contributed by atoms with Crippen LogP contribution in [0.4, 0.5) is 0 Å². The number of nitrogens with zero attached hydrogens (tertiary/aromatic N) is 2. The summed E-state index contributed by atoms with van der Waals surface area (Å²) in [5.41, 5.74) is 7.30. The van der Waals surface area contributed by atoms with E-state index in [2.05, 4.69) is 36.3 Å². The van der Waals surface area contributed by atoms with E-state index in [1.807, 2.05) is 72.8 Å². The van der Waals surface area contributed by atoms with Crippen LogP contribution < -0.4 is 5.43 Å². The average molecular weight is 480 g/mol. The number of pyridine rings is 1. The molecule has 36 heavy (non-hydrogen) atoms. The largest absolute Gasteiger partial charge is 0.478 e. The lowest BCUT2D eigenvalue weighted by Crippen LogP contribution is -2.20. The number of nitrogens with one attached hydrogen (secondary N) is 1. The number of hydrazone groups is 1. The van der Waals surface area contributed by atoms with Crippen LogP contribution in [0.2, 0.25) is 0 Å². The first-order valence-electron chi connectivity index (χ1n) is 11.5. The molecule has 0 atom stereocenters. The third kappa shape index (κ3) is 7.46. The van der Waals surface area contributed by atoms with Crippen molar-refractivity contribution in [2.75, 3.05) is 0 Å². The van der Waals surface area contributed by atoms with E-state index in [-0.39, 0.29) is 11.3 Å². The number of amides is 1. The second kappa shape index (κ2) is 12.2. The van der Waals surface area contributed by atoms with Crippen LogP contribution >= 0.6 is 0 Å². The highest BCUT2D eigenvalue weighted by molar-refractivity contribution is 6.13. The van der Waals surface area contributed by atoms with Crippen LogP contribution in [0, 0.1) is 0 Å². The molecule has 0 aliphatic rings. The molecule has 1 amide bonds. The molecule has 0 radical (unpaired) electrons. The predicted octanol–water partition coefficient (Wildman–Crippen LogP) is 5.95. The molecule has 0 bridgehead atoms. The van der Waals surface area contributed by atoms with Gasteiger partial charge in [-0.05, 0) is 35.2 Å². The number of carboxylic acids is 1. The zero-order chi connectivity index (χ0) is 26.0. The lowest BCUT2D eigenvalue weighted by atomic mass is 9.87. The van der Waals surface area contributed by atoms with Gasteiger partial charge < -0.3 is 5.11 Å². The Labute approximate surface area is 211 Å². The van der Waals surface area contributed by atoms with Crippen molar-refractivity contribution in [3.8, 4) is 0 Å². The fraction of sp³-hybridized carbons (Fsp3) is 0.133. The van der Waals surface area contributed by atoms with Crippen molar-refractivity contribution in [2.45, 2.75) is 26.2 Å². The molecular formula is C30H29N3O3. The first-order chi connectivity index (χ1) is 17.3. The fourth-order valence-electron chi connectivity index (χ4n) is 3.28. The Bertz CT molecular complexity index is 1260. The number of hydrogen-bond donors (Lipinski definition) is 2. The van der Waals surface area contributed by atoms with Gasteiger partial charge in [-0.25, -0.2) is 10.2 Å². The third-order valence-corrected chi connectivity index (χ3v) is 5.30. The van der Waals surface area contributed by atoms with E-state index in [1.165, 1.54) is 0 Å². The predicted molar refractivity (Wildman–Crippen MR) is 142 cm³/mol. The topological polar surface area (TPSA) is 91.6 Å². The van der Waals surface area contributed by atoms with Crippen molar-refractivity contribution in [1.82, 2.24) is 10.4 Å². The maximum atomic E-state index is 12.2. The zero-order valence-electron chi connectivity index (χ0n) is 20.6. The highest BCUT2D eigenvalue weighted by Crippen LogP contribution is 2.22. The molecule has 0 spiro atoms. The lowest BCUT2D eigenvalue weighted by Gasteiger charge is -2.18. The molecule has 4 rings (SSSR count). The van der Waals surface area contributed by atoms with Gasteiger partial charge in [0.2, 0.25) is 0 Å². The number of hydrogen-bond acceptors (Lipinski definition) is 4. The molecule has 6 nitrogen and oxygen atoms in total. The number of carbonyl (C=O) groups is 2. The summed E-state index contributed by atoms with van der Waals surface area (Å²) < 4.78 is 0. The molecule has 0 saturated carbocycles. The van der Waals surface area contributed by atoms with Gasteiger partial charge in [0.05, 0.1) is 11.3 Å². The summed E-state index contributed by atoms with van der Waals surface area (Å²) in [7, 11) is 0. The summed E-state index contributed by atoms with van der Waals surface area (Å²) in [6, 6.07) is 29.8. The van der Waals surface area contributed by atoms with E-state index in [4.69, 9.17) is 5.11 Å². The van der Waals surface area contributed by atoms with Crippen LogP contribution in [0.1, 0.15) is 58.2 Å². The van der Waals surface area contributed by atoms with Crippen LogP contribution in [-0.2, 0) is 5.41 Å². The molecule has 0 fully saturated rings. The van der Waals surface area contributed by atoms with E-state index in [9.17, 15) is 9.59 Å². The van der Waals surface area contributed by atoms with Gasteiger partial charge in [0.25, 0.3) is 5.91 Å². The Balaban J connectivity index is 0.000000236. The van der Waals surface area contributed by atoms with E-state index < -0.39 is 5.97 Å². The minimum Gasteiger partial charge on any atom is -0.478 e. The quantitative estimate of drug-likeness (QED) is 0.273. The molecule has 3 aromatic carbocycles. The molecule has 1 aromatic heterocycles. The van der Waals surface area contributed by atoms with Crippen molar-refractivity contribution in [3.05, 3.63) is 137 Å². The normalized spacial score (nSPS) is 10.4. The van der Waals surface area contributed by atoms with Gasteiger partial charge in [-0.3, -0.25) is 9.78 Å². The van der Waals surface area contributed by atoms with Crippen LogP contribution in [0.5, 0.6) is 0 Å². The van der Waals surface area contributed by atoms with Crippen molar-refractivity contribution in [2.24, 2.45) is 5.10 Å². The minimum atomic E-state index is -0.875. The summed E-state index contributed by atoms with van der Waals surface area (Å²) in [5, 5.41) is 13.0. The summed E-state index contributed by atoms with van der Waals surface area (Å²) in [5.74, 6) is -1.14. The zero-order valence-corrected chi connectivity index (χ0v) is 20.6. The van der Waals surface area contributed by atoms with Gasteiger partial charge >= 0.3 is 5.97 Å². The minimum absolute atomic E-state index is 0.0804. The molecular weight excluding hydrogens is 450 g/mol. The van der Waals surface area contributed by atoms with Crippen LogP contribution in [-0.4, -0.2) is 27.7 Å². The first kappa shape index (κ1) is 26.0. The lowest BCUT2D eigenvalue weighted by molar-refractivity contribution is 0.0696. The van der Waals surface area contributed by atoms with Crippen LogP contribution in [0.3, 0.4) is 0 Å². The second-order valence-corrected chi connectivity index (χ2v) is 9.00. The molecule has 0 saturated heterocycles. The first-order valence-corrected chi connectivity index (χ1v) is 11.5. The van der Waals surface area contributed by atoms with Crippen molar-refractivity contribution in [1.29, 1.82) is 0 Å². The van der Waals surface area contributed by atoms with E-state index in [0.717, 1.165) is 16.7 Å². The Morgan fingerprint density at radius 1 is 0.694 bits per heavy atom. The molecule has 1 heterocycles. The Hall–Kier alpha value is -4.58. The van der Waals surface area contributed by atoms with Gasteiger partial charge in [-0.1, -0.05) is 93.6 Å². The number of aromatic nitrogens is 1. The highest BCUT2D eigenvalue weighted by atomic mass is 16.4. The summed E-state index contributed by atoms with van der Waals surface area (Å²) in [4.78, 5) is 26.6. The monoisotopic (exact) mass is 479 g/mol. The van der Waals surface area contributed by atoms with Gasteiger partial charge in [0, 0.05) is 29.1 Å². The molecule has 0 unspecified atom stereocenters. The fourth-order valence-corrected chi connectivity index (χ4v) is 3.28. The van der Waals surface area contributed by atoms with E-state index in [1.54, 1.807) is 36.7 Å². The molecule has 182 valence electrons. The molecule has 0 aliphatic heterocycles. The van der Waals surface area contributed by atoms with E-state index >= 15 is 0 Å². The van der Waals surface area contributed by atoms with Crippen molar-refractivity contribution in [3.63, 3.8) is 0 Å². The Morgan fingerprint density at radius 2 is 1.19 bits per heavy atom. The molecule has 2 N–H and O–H groups in total. The Kier molecular flexibility index (Phi) is 8.84. The smallest absolute Gasteiger partial charge is 0.335 e. The number of carbonyl (C=O) groups excluding carboxylic acids is 1. The Morgan fingerprint density at radius 3 is 1.64 bits per heavy atom. The van der Waals surface area contributed by atoms with Gasteiger partial charge in [0.15, 0.2) is 0 Å². The van der Waals surface area contributed by atoms with Crippen molar-refractivity contribution >= 4 is 17.6 Å². The van der Waals surface area contributed by atoms with Gasteiger partial charge in [0.1, 0.15) is 0 Å². The molecule has 0 aliphatic carbocycles. The van der Waals surface area contributed by atoms with Gasteiger partial charge in [-0.2, -0.15) is 5.10 Å². The van der Waals surface area contributed by atoms with Crippen LogP contribution in [0.25, 0.3) is 0 Å². The SMILES string of the molecule is CC(C)(C)c1ccc(C(=O)O)cc1.O=C(NN=C(c1ccccc1)c1ccccc1)c1ccncc1. The van der Waals surface area contributed by atoms with Crippen LogP contribution in [0.15, 0.2) is 115 Å².